The summed E-state index contributed by atoms with van der Waals surface area (Å²) in [6, 6.07) is 0. The molecule has 0 aliphatic carbocycles. The third-order valence-electron chi connectivity index (χ3n) is 2.77. The molecule has 3 N–H and O–H groups in total. The van der Waals surface area contributed by atoms with Gasteiger partial charge in [-0.3, -0.25) is 4.57 Å². The first-order chi connectivity index (χ1) is 9.34. The maximum Gasteiger partial charge on any atom is 0.359 e. The molecule has 0 unspecified atom stereocenters. The van der Waals surface area contributed by atoms with Crippen LogP contribution in [0.15, 0.2) is 12.7 Å². The number of carbonyl (C=O) groups is 1. The molecule has 0 fully saturated rings. The number of hydrogen-bond donors (Lipinski definition) is 2. The number of imidazole rings is 1. The maximum absolute atomic E-state index is 12.0. The van der Waals surface area contributed by atoms with Crippen LogP contribution >= 0.6 is 0 Å². The van der Waals surface area contributed by atoms with E-state index in [4.69, 9.17) is 10.5 Å². The molecule has 1 atom stereocenters. The normalized spacial score (nSPS) is 14.4. The molecule has 8 heteroatoms. The smallest absolute Gasteiger partial charge is 0.359 e. The van der Waals surface area contributed by atoms with Gasteiger partial charge in [0.15, 0.2) is 11.5 Å². The van der Waals surface area contributed by atoms with E-state index in [0.717, 1.165) is 0 Å². The average Bonchev–Trinajstić information content (AvgIpc) is 2.81. The SMILES string of the molecule is CC(C)COC(=O)[C@@](C)(O)n1cnc2c(N)ncnc21. The molecule has 0 aliphatic heterocycles. The topological polar surface area (TPSA) is 116 Å². The lowest BCUT2D eigenvalue weighted by Gasteiger charge is -2.23. The minimum atomic E-state index is -1.91. The van der Waals surface area contributed by atoms with Crippen LogP contribution < -0.4 is 5.73 Å². The van der Waals surface area contributed by atoms with Gasteiger partial charge in [-0.2, -0.15) is 0 Å². The molecule has 0 spiro atoms. The van der Waals surface area contributed by atoms with Gasteiger partial charge in [0.2, 0.25) is 5.72 Å². The molecule has 0 radical (unpaired) electrons. The van der Waals surface area contributed by atoms with Gasteiger partial charge in [-0.25, -0.2) is 19.7 Å². The number of hydrogen-bond acceptors (Lipinski definition) is 7. The number of nitrogen functional groups attached to an aromatic ring is 1. The zero-order valence-corrected chi connectivity index (χ0v) is 11.6. The van der Waals surface area contributed by atoms with E-state index in [9.17, 15) is 9.90 Å². The molecule has 0 saturated carbocycles. The van der Waals surface area contributed by atoms with Crippen LogP contribution in [0, 0.1) is 5.92 Å². The van der Waals surface area contributed by atoms with Crippen molar-refractivity contribution in [3.05, 3.63) is 12.7 Å². The quantitative estimate of drug-likeness (QED) is 0.771. The summed E-state index contributed by atoms with van der Waals surface area (Å²) in [5, 5.41) is 10.4. The fourth-order valence-corrected chi connectivity index (χ4v) is 1.65. The van der Waals surface area contributed by atoms with E-state index in [2.05, 4.69) is 15.0 Å². The summed E-state index contributed by atoms with van der Waals surface area (Å²) in [7, 11) is 0. The van der Waals surface area contributed by atoms with Crippen molar-refractivity contribution in [3.63, 3.8) is 0 Å². The zero-order valence-electron chi connectivity index (χ0n) is 11.6. The number of anilines is 1. The lowest BCUT2D eigenvalue weighted by Crippen LogP contribution is -2.40. The fourth-order valence-electron chi connectivity index (χ4n) is 1.65. The van der Waals surface area contributed by atoms with Gasteiger partial charge in [0, 0.05) is 0 Å². The van der Waals surface area contributed by atoms with Crippen molar-refractivity contribution in [2.45, 2.75) is 26.5 Å². The summed E-state index contributed by atoms with van der Waals surface area (Å²) >= 11 is 0. The molecule has 108 valence electrons. The first kappa shape index (κ1) is 14.2. The summed E-state index contributed by atoms with van der Waals surface area (Å²) in [4.78, 5) is 23.8. The van der Waals surface area contributed by atoms with Crippen molar-refractivity contribution in [3.8, 4) is 0 Å². The lowest BCUT2D eigenvalue weighted by molar-refractivity contribution is -0.175. The Morgan fingerprint density at radius 1 is 1.50 bits per heavy atom. The second-order valence-electron chi connectivity index (χ2n) is 5.06. The molecule has 0 amide bonds. The Morgan fingerprint density at radius 2 is 2.20 bits per heavy atom. The van der Waals surface area contributed by atoms with Crippen LogP contribution in [0.3, 0.4) is 0 Å². The van der Waals surface area contributed by atoms with Gasteiger partial charge in [0.25, 0.3) is 0 Å². The van der Waals surface area contributed by atoms with Crippen molar-refractivity contribution in [2.75, 3.05) is 12.3 Å². The number of ether oxygens (including phenoxy) is 1. The minimum absolute atomic E-state index is 0.173. The molecule has 2 aromatic rings. The summed E-state index contributed by atoms with van der Waals surface area (Å²) in [6.45, 7) is 5.35. The van der Waals surface area contributed by atoms with Crippen LogP contribution in [0.25, 0.3) is 11.2 Å². The number of aromatic nitrogens is 4. The predicted molar refractivity (Wildman–Crippen MR) is 71.4 cm³/mol. The van der Waals surface area contributed by atoms with E-state index in [1.165, 1.54) is 24.1 Å². The molecule has 0 aromatic carbocycles. The van der Waals surface area contributed by atoms with Gasteiger partial charge in [-0.1, -0.05) is 13.8 Å². The Balaban J connectivity index is 2.36. The van der Waals surface area contributed by atoms with Gasteiger partial charge >= 0.3 is 5.97 Å². The molecule has 2 heterocycles. The highest BCUT2D eigenvalue weighted by atomic mass is 16.6. The van der Waals surface area contributed by atoms with Crippen LogP contribution in [-0.2, 0) is 15.3 Å². The standard InChI is InChI=1S/C12H17N5O3/c1-7(2)4-20-11(18)12(3,19)17-6-16-8-9(13)14-5-15-10(8)17/h5-7,19H,4H2,1-3H3,(H2,13,14,15)/t12-/m1/s1. The Morgan fingerprint density at radius 3 is 2.85 bits per heavy atom. The third-order valence-corrected chi connectivity index (χ3v) is 2.77. The highest BCUT2D eigenvalue weighted by molar-refractivity contribution is 5.84. The zero-order chi connectivity index (χ0) is 14.9. The largest absolute Gasteiger partial charge is 0.462 e. The highest BCUT2D eigenvalue weighted by Crippen LogP contribution is 2.22. The van der Waals surface area contributed by atoms with Crippen LogP contribution in [0.4, 0.5) is 5.82 Å². The fraction of sp³-hybridized carbons (Fsp3) is 0.500. The van der Waals surface area contributed by atoms with Crippen molar-refractivity contribution in [1.29, 1.82) is 0 Å². The van der Waals surface area contributed by atoms with E-state index in [0.29, 0.717) is 5.52 Å². The molecule has 20 heavy (non-hydrogen) atoms. The first-order valence-electron chi connectivity index (χ1n) is 6.17. The second-order valence-corrected chi connectivity index (χ2v) is 5.06. The van der Waals surface area contributed by atoms with Crippen LogP contribution in [-0.4, -0.2) is 37.2 Å². The van der Waals surface area contributed by atoms with Gasteiger partial charge in [-0.15, -0.1) is 0 Å². The first-order valence-corrected chi connectivity index (χ1v) is 6.17. The lowest BCUT2D eigenvalue weighted by atomic mass is 10.2. The molecule has 2 rings (SSSR count). The number of rotatable bonds is 4. The minimum Gasteiger partial charge on any atom is -0.462 e. The number of esters is 1. The molecule has 0 aliphatic rings. The molecule has 0 saturated heterocycles. The number of fused-ring (bicyclic) bond motifs is 1. The van der Waals surface area contributed by atoms with Crippen molar-refractivity contribution < 1.29 is 14.6 Å². The van der Waals surface area contributed by atoms with Crippen molar-refractivity contribution >= 4 is 23.0 Å². The van der Waals surface area contributed by atoms with Crippen molar-refractivity contribution in [2.24, 2.45) is 5.92 Å². The van der Waals surface area contributed by atoms with Gasteiger partial charge in [0.1, 0.15) is 18.2 Å². The molecule has 0 bridgehead atoms. The van der Waals surface area contributed by atoms with Crippen LogP contribution in [0.2, 0.25) is 0 Å². The molecular formula is C12H17N5O3. The Labute approximate surface area is 115 Å². The van der Waals surface area contributed by atoms with Crippen LogP contribution in [0.1, 0.15) is 20.8 Å². The van der Waals surface area contributed by atoms with Gasteiger partial charge in [0.05, 0.1) is 6.61 Å². The van der Waals surface area contributed by atoms with E-state index in [-0.39, 0.29) is 24.0 Å². The van der Waals surface area contributed by atoms with Crippen molar-refractivity contribution in [1.82, 2.24) is 19.5 Å². The third kappa shape index (κ3) is 2.42. The maximum atomic E-state index is 12.0. The Kier molecular flexibility index (Phi) is 3.58. The van der Waals surface area contributed by atoms with E-state index in [1.54, 1.807) is 0 Å². The average molecular weight is 279 g/mol. The highest BCUT2D eigenvalue weighted by Gasteiger charge is 2.36. The van der Waals surface area contributed by atoms with Gasteiger partial charge in [-0.05, 0) is 12.8 Å². The second kappa shape index (κ2) is 5.04. The summed E-state index contributed by atoms with van der Waals surface area (Å²) in [5.41, 5.74) is 4.34. The predicted octanol–water partition coefficient (Wildman–Crippen LogP) is 0.273. The summed E-state index contributed by atoms with van der Waals surface area (Å²) in [6.07, 6.45) is 2.53. The van der Waals surface area contributed by atoms with E-state index < -0.39 is 11.7 Å². The Bertz CT molecular complexity index is 635. The van der Waals surface area contributed by atoms with Gasteiger partial charge < -0.3 is 15.6 Å². The van der Waals surface area contributed by atoms with E-state index >= 15 is 0 Å². The number of carbonyl (C=O) groups excluding carboxylic acids is 1. The molecule has 2 aromatic heterocycles. The number of aliphatic hydroxyl groups is 1. The van der Waals surface area contributed by atoms with Crippen LogP contribution in [0.5, 0.6) is 0 Å². The molecular weight excluding hydrogens is 262 g/mol. The summed E-state index contributed by atoms with van der Waals surface area (Å²) < 4.78 is 6.27. The summed E-state index contributed by atoms with van der Waals surface area (Å²) in [5.74, 6) is -0.421. The molecule has 8 nitrogen and oxygen atoms in total. The Hall–Kier alpha value is -2.22. The number of nitrogens with zero attached hydrogens (tertiary/aromatic N) is 4. The number of nitrogens with two attached hydrogens (primary N) is 1. The van der Waals surface area contributed by atoms with E-state index in [1.807, 2.05) is 13.8 Å². The monoisotopic (exact) mass is 279 g/mol.